The number of rotatable bonds is 3. The quantitative estimate of drug-likeness (QED) is 0.826. The van der Waals surface area contributed by atoms with Crippen LogP contribution < -0.4 is 0 Å². The molecule has 14 heavy (non-hydrogen) atoms. The number of thiazole rings is 1. The number of ether oxygens (including phenoxy) is 1. The van der Waals surface area contributed by atoms with Gasteiger partial charge in [0.15, 0.2) is 0 Å². The summed E-state index contributed by atoms with van der Waals surface area (Å²) in [6, 6.07) is 0. The number of hydrogen-bond donors (Lipinski definition) is 1. The summed E-state index contributed by atoms with van der Waals surface area (Å²) in [6.07, 6.45) is 3.04. The molecule has 1 aromatic rings. The Morgan fingerprint density at radius 1 is 1.79 bits per heavy atom. The summed E-state index contributed by atoms with van der Waals surface area (Å²) in [5.41, 5.74) is 0. The molecule has 1 aliphatic heterocycles. The number of aromatic nitrogens is 1. The third kappa shape index (κ3) is 2.13. The van der Waals surface area contributed by atoms with Crippen molar-refractivity contribution in [2.45, 2.75) is 32.0 Å². The third-order valence-corrected chi connectivity index (χ3v) is 3.49. The van der Waals surface area contributed by atoms with Crippen molar-refractivity contribution < 1.29 is 9.84 Å². The first kappa shape index (κ1) is 10.1. The van der Waals surface area contributed by atoms with E-state index >= 15 is 0 Å². The van der Waals surface area contributed by atoms with E-state index in [0.29, 0.717) is 12.3 Å². The van der Waals surface area contributed by atoms with Crippen LogP contribution >= 0.6 is 11.3 Å². The van der Waals surface area contributed by atoms with E-state index in [1.165, 1.54) is 0 Å². The summed E-state index contributed by atoms with van der Waals surface area (Å²) in [4.78, 5) is 4.16. The average molecular weight is 213 g/mol. The van der Waals surface area contributed by atoms with E-state index < -0.39 is 6.10 Å². The molecule has 4 heteroatoms. The number of aliphatic hydroxyl groups is 1. The van der Waals surface area contributed by atoms with Crippen LogP contribution in [0.3, 0.4) is 0 Å². The van der Waals surface area contributed by atoms with Crippen LogP contribution in [-0.4, -0.2) is 28.9 Å². The van der Waals surface area contributed by atoms with Gasteiger partial charge in [-0.2, -0.15) is 0 Å². The van der Waals surface area contributed by atoms with Crippen LogP contribution in [-0.2, 0) is 11.2 Å². The maximum absolute atomic E-state index is 9.93. The maximum Gasteiger partial charge on any atom is 0.0951 e. The SMILES string of the molecule is CC1CCOC1C(O)Cc1nccs1. The van der Waals surface area contributed by atoms with Gasteiger partial charge in [-0.25, -0.2) is 4.98 Å². The molecule has 1 aromatic heterocycles. The summed E-state index contributed by atoms with van der Waals surface area (Å²) >= 11 is 1.58. The molecule has 1 saturated heterocycles. The van der Waals surface area contributed by atoms with E-state index in [9.17, 15) is 5.11 Å². The van der Waals surface area contributed by atoms with Crippen LogP contribution in [0.25, 0.3) is 0 Å². The van der Waals surface area contributed by atoms with Gasteiger partial charge < -0.3 is 9.84 Å². The Hall–Kier alpha value is -0.450. The Bertz CT molecular complexity index is 276. The van der Waals surface area contributed by atoms with Gasteiger partial charge in [-0.05, 0) is 12.3 Å². The van der Waals surface area contributed by atoms with Crippen molar-refractivity contribution in [3.63, 3.8) is 0 Å². The molecule has 78 valence electrons. The minimum Gasteiger partial charge on any atom is -0.390 e. The molecule has 0 amide bonds. The fraction of sp³-hybridized carbons (Fsp3) is 0.700. The Labute approximate surface area is 87.7 Å². The highest BCUT2D eigenvalue weighted by Gasteiger charge is 2.31. The second-order valence-corrected chi connectivity index (χ2v) is 4.78. The van der Waals surface area contributed by atoms with Crippen molar-refractivity contribution in [2.75, 3.05) is 6.61 Å². The predicted molar refractivity (Wildman–Crippen MR) is 55.3 cm³/mol. The second kappa shape index (κ2) is 4.38. The van der Waals surface area contributed by atoms with Crippen LogP contribution in [0.2, 0.25) is 0 Å². The van der Waals surface area contributed by atoms with E-state index in [0.717, 1.165) is 18.0 Å². The van der Waals surface area contributed by atoms with Crippen LogP contribution in [0.5, 0.6) is 0 Å². The van der Waals surface area contributed by atoms with E-state index in [4.69, 9.17) is 4.74 Å². The van der Waals surface area contributed by atoms with Crippen LogP contribution in [0.4, 0.5) is 0 Å². The zero-order valence-electron chi connectivity index (χ0n) is 8.22. The molecular formula is C10H15NO2S. The van der Waals surface area contributed by atoms with E-state index in [1.54, 1.807) is 17.5 Å². The number of hydrogen-bond acceptors (Lipinski definition) is 4. The third-order valence-electron chi connectivity index (χ3n) is 2.69. The maximum atomic E-state index is 9.93. The summed E-state index contributed by atoms with van der Waals surface area (Å²) in [5, 5.41) is 12.9. The fourth-order valence-electron chi connectivity index (χ4n) is 1.86. The number of aliphatic hydroxyl groups excluding tert-OH is 1. The van der Waals surface area contributed by atoms with Crippen LogP contribution in [0.1, 0.15) is 18.4 Å². The van der Waals surface area contributed by atoms with Gasteiger partial charge in [0.05, 0.1) is 17.2 Å². The fourth-order valence-corrected chi connectivity index (χ4v) is 2.53. The summed E-state index contributed by atoms with van der Waals surface area (Å²) in [6.45, 7) is 2.91. The van der Waals surface area contributed by atoms with Gasteiger partial charge in [0, 0.05) is 24.6 Å². The van der Waals surface area contributed by atoms with Crippen molar-refractivity contribution in [1.82, 2.24) is 4.98 Å². The molecular weight excluding hydrogens is 198 g/mol. The molecule has 3 nitrogen and oxygen atoms in total. The molecule has 0 radical (unpaired) electrons. The molecule has 0 aliphatic carbocycles. The molecule has 0 spiro atoms. The van der Waals surface area contributed by atoms with Crippen molar-refractivity contribution in [3.05, 3.63) is 16.6 Å². The van der Waals surface area contributed by atoms with Gasteiger partial charge in [-0.3, -0.25) is 0 Å². The Balaban J connectivity index is 1.92. The van der Waals surface area contributed by atoms with E-state index in [2.05, 4.69) is 11.9 Å². The van der Waals surface area contributed by atoms with E-state index in [1.807, 2.05) is 5.38 Å². The lowest BCUT2D eigenvalue weighted by Gasteiger charge is -2.20. The monoisotopic (exact) mass is 213 g/mol. The molecule has 3 atom stereocenters. The normalized spacial score (nSPS) is 29.3. The lowest BCUT2D eigenvalue weighted by atomic mass is 9.98. The molecule has 1 N–H and O–H groups in total. The smallest absolute Gasteiger partial charge is 0.0951 e. The van der Waals surface area contributed by atoms with E-state index in [-0.39, 0.29) is 6.10 Å². The highest BCUT2D eigenvalue weighted by molar-refractivity contribution is 7.09. The lowest BCUT2D eigenvalue weighted by Crippen LogP contribution is -2.31. The zero-order valence-corrected chi connectivity index (χ0v) is 9.04. The summed E-state index contributed by atoms with van der Waals surface area (Å²) < 4.78 is 5.50. The molecule has 1 aliphatic rings. The van der Waals surface area contributed by atoms with Crippen LogP contribution in [0.15, 0.2) is 11.6 Å². The van der Waals surface area contributed by atoms with Gasteiger partial charge in [0.1, 0.15) is 0 Å². The second-order valence-electron chi connectivity index (χ2n) is 3.80. The zero-order chi connectivity index (χ0) is 9.97. The first-order chi connectivity index (χ1) is 6.77. The summed E-state index contributed by atoms with van der Waals surface area (Å²) in [7, 11) is 0. The molecule has 2 rings (SSSR count). The first-order valence-electron chi connectivity index (χ1n) is 4.95. The van der Waals surface area contributed by atoms with Gasteiger partial charge in [0.25, 0.3) is 0 Å². The molecule has 0 aromatic carbocycles. The molecule has 0 bridgehead atoms. The topological polar surface area (TPSA) is 42.4 Å². The molecule has 2 heterocycles. The largest absolute Gasteiger partial charge is 0.390 e. The number of nitrogens with zero attached hydrogens (tertiary/aromatic N) is 1. The van der Waals surface area contributed by atoms with Crippen molar-refractivity contribution in [2.24, 2.45) is 5.92 Å². The minimum absolute atomic E-state index is 0.00102. The molecule has 1 fully saturated rings. The Kier molecular flexibility index (Phi) is 3.15. The highest BCUT2D eigenvalue weighted by atomic mass is 32.1. The first-order valence-corrected chi connectivity index (χ1v) is 5.83. The van der Waals surface area contributed by atoms with Crippen molar-refractivity contribution in [1.29, 1.82) is 0 Å². The van der Waals surface area contributed by atoms with Gasteiger partial charge in [-0.15, -0.1) is 11.3 Å². The standard InChI is InChI=1S/C10H15NO2S/c1-7-2-4-13-10(7)8(12)6-9-11-3-5-14-9/h3,5,7-8,10,12H,2,4,6H2,1H3. The average Bonchev–Trinajstić information content (AvgIpc) is 2.75. The van der Waals surface area contributed by atoms with Gasteiger partial charge in [0.2, 0.25) is 0 Å². The predicted octanol–water partition coefficient (Wildman–Crippen LogP) is 1.47. The van der Waals surface area contributed by atoms with Crippen molar-refractivity contribution in [3.8, 4) is 0 Å². The Morgan fingerprint density at radius 3 is 3.21 bits per heavy atom. The van der Waals surface area contributed by atoms with Gasteiger partial charge >= 0.3 is 0 Å². The van der Waals surface area contributed by atoms with Crippen LogP contribution in [0, 0.1) is 5.92 Å². The summed E-state index contributed by atoms with van der Waals surface area (Å²) in [5.74, 6) is 0.463. The molecule has 0 saturated carbocycles. The molecule has 3 unspecified atom stereocenters. The van der Waals surface area contributed by atoms with Gasteiger partial charge in [-0.1, -0.05) is 6.92 Å². The van der Waals surface area contributed by atoms with Crippen molar-refractivity contribution >= 4 is 11.3 Å². The highest BCUT2D eigenvalue weighted by Crippen LogP contribution is 2.24. The minimum atomic E-state index is -0.404. The Morgan fingerprint density at radius 2 is 2.64 bits per heavy atom. The lowest BCUT2D eigenvalue weighted by molar-refractivity contribution is -0.0157.